The molecular formula is C22H37NS. The van der Waals surface area contributed by atoms with Crippen LogP contribution in [0.2, 0.25) is 0 Å². The molecule has 0 N–H and O–H groups in total. The van der Waals surface area contributed by atoms with E-state index < -0.39 is 0 Å². The topological polar surface area (TPSA) is 3.24 Å². The van der Waals surface area contributed by atoms with Crippen molar-refractivity contribution in [3.63, 3.8) is 0 Å². The fourth-order valence-corrected chi connectivity index (χ4v) is 3.74. The zero-order valence-corrected chi connectivity index (χ0v) is 17.5. The first kappa shape index (κ1) is 21.3. The van der Waals surface area contributed by atoms with Crippen LogP contribution in [0.4, 0.5) is 0 Å². The SMILES string of the molecule is C/C=C(/CC1CCN(SC)CC1)c1ccc(C)cc1C.CCCC. The van der Waals surface area contributed by atoms with E-state index in [0.717, 1.165) is 5.92 Å². The minimum absolute atomic E-state index is 0.852. The minimum Gasteiger partial charge on any atom is -0.251 e. The Hall–Kier alpha value is -0.730. The molecule has 0 radical (unpaired) electrons. The first-order valence-electron chi connectivity index (χ1n) is 9.57. The molecule has 1 aromatic carbocycles. The van der Waals surface area contributed by atoms with Gasteiger partial charge in [0.2, 0.25) is 0 Å². The fraction of sp³-hybridized carbons (Fsp3) is 0.636. The zero-order chi connectivity index (χ0) is 17.9. The van der Waals surface area contributed by atoms with E-state index >= 15 is 0 Å². The lowest BCUT2D eigenvalue weighted by Gasteiger charge is -2.30. The van der Waals surface area contributed by atoms with Crippen LogP contribution in [0.3, 0.4) is 0 Å². The Morgan fingerprint density at radius 1 is 1.17 bits per heavy atom. The van der Waals surface area contributed by atoms with Gasteiger partial charge in [-0.25, -0.2) is 0 Å². The first-order valence-corrected chi connectivity index (χ1v) is 10.8. The van der Waals surface area contributed by atoms with Gasteiger partial charge in [-0.15, -0.1) is 0 Å². The van der Waals surface area contributed by atoms with Gasteiger partial charge in [0.15, 0.2) is 0 Å². The van der Waals surface area contributed by atoms with Gasteiger partial charge in [-0.1, -0.05) is 68.5 Å². The maximum absolute atomic E-state index is 2.49. The molecule has 1 nitrogen and oxygen atoms in total. The van der Waals surface area contributed by atoms with Crippen LogP contribution in [0, 0.1) is 19.8 Å². The maximum Gasteiger partial charge on any atom is 0.00919 e. The lowest BCUT2D eigenvalue weighted by Crippen LogP contribution is -2.28. The lowest BCUT2D eigenvalue weighted by molar-refractivity contribution is 0.296. The third-order valence-corrected chi connectivity index (χ3v) is 5.80. The number of hydrogen-bond donors (Lipinski definition) is 0. The van der Waals surface area contributed by atoms with E-state index in [0.29, 0.717) is 0 Å². The summed E-state index contributed by atoms with van der Waals surface area (Å²) in [5.74, 6) is 0.852. The van der Waals surface area contributed by atoms with Crippen LogP contribution in [0.5, 0.6) is 0 Å². The molecule has 0 spiro atoms. The van der Waals surface area contributed by atoms with E-state index in [1.165, 1.54) is 67.5 Å². The molecule has 136 valence electrons. The number of hydrogen-bond acceptors (Lipinski definition) is 2. The van der Waals surface area contributed by atoms with Gasteiger partial charge in [0, 0.05) is 13.1 Å². The van der Waals surface area contributed by atoms with Crippen molar-refractivity contribution in [2.24, 2.45) is 5.92 Å². The van der Waals surface area contributed by atoms with Crippen LogP contribution < -0.4 is 0 Å². The normalized spacial score (nSPS) is 16.7. The van der Waals surface area contributed by atoms with Gasteiger partial charge < -0.3 is 0 Å². The summed E-state index contributed by atoms with van der Waals surface area (Å²) in [5, 5.41) is 0. The van der Waals surface area contributed by atoms with Gasteiger partial charge >= 0.3 is 0 Å². The molecule has 1 heterocycles. The molecule has 1 fully saturated rings. The van der Waals surface area contributed by atoms with E-state index in [1.54, 1.807) is 0 Å². The Bertz CT molecular complexity index is 497. The number of aryl methyl sites for hydroxylation is 2. The van der Waals surface area contributed by atoms with Crippen LogP contribution >= 0.6 is 11.9 Å². The standard InChI is InChI=1S/C18H27NS.C4H10/c1-5-17(18-7-6-14(2)12-15(18)3)13-16-8-10-19(20-4)11-9-16;1-3-4-2/h5-7,12,16H,8-11,13H2,1-4H3;3-4H2,1-2H3/b17-5-;. The van der Waals surface area contributed by atoms with Crippen molar-refractivity contribution >= 4 is 17.5 Å². The zero-order valence-electron chi connectivity index (χ0n) is 16.7. The molecule has 0 aliphatic carbocycles. The monoisotopic (exact) mass is 347 g/mol. The van der Waals surface area contributed by atoms with Crippen LogP contribution in [0.25, 0.3) is 5.57 Å². The number of allylic oxidation sites excluding steroid dienone is 2. The average molecular weight is 348 g/mol. The van der Waals surface area contributed by atoms with Gasteiger partial charge in [0.25, 0.3) is 0 Å². The summed E-state index contributed by atoms with van der Waals surface area (Å²) in [6.45, 7) is 13.4. The predicted octanol–water partition coefficient (Wildman–Crippen LogP) is 6.89. The highest BCUT2D eigenvalue weighted by Crippen LogP contribution is 2.32. The molecule has 1 aromatic rings. The molecule has 1 aliphatic rings. The van der Waals surface area contributed by atoms with Crippen LogP contribution in [0.15, 0.2) is 24.3 Å². The van der Waals surface area contributed by atoms with Crippen molar-refractivity contribution < 1.29 is 0 Å². The van der Waals surface area contributed by atoms with E-state index in [2.05, 4.69) is 69.5 Å². The molecule has 0 unspecified atom stereocenters. The van der Waals surface area contributed by atoms with Gasteiger partial charge in [-0.3, -0.25) is 4.31 Å². The minimum atomic E-state index is 0.852. The third-order valence-electron chi connectivity index (χ3n) is 4.92. The number of piperidine rings is 1. The highest BCUT2D eigenvalue weighted by Gasteiger charge is 2.20. The van der Waals surface area contributed by atoms with E-state index in [4.69, 9.17) is 0 Å². The second-order valence-electron chi connectivity index (χ2n) is 6.89. The number of nitrogens with zero attached hydrogens (tertiary/aromatic N) is 1. The van der Waals surface area contributed by atoms with Crippen molar-refractivity contribution in [2.45, 2.75) is 66.7 Å². The molecule has 0 saturated carbocycles. The smallest absolute Gasteiger partial charge is 0.00919 e. The van der Waals surface area contributed by atoms with Crippen molar-refractivity contribution in [1.29, 1.82) is 0 Å². The van der Waals surface area contributed by atoms with Gasteiger partial charge in [-0.2, -0.15) is 0 Å². The van der Waals surface area contributed by atoms with Crippen LogP contribution in [-0.2, 0) is 0 Å². The second-order valence-corrected chi connectivity index (χ2v) is 7.77. The lowest BCUT2D eigenvalue weighted by atomic mass is 9.86. The molecule has 0 amide bonds. The molecule has 0 atom stereocenters. The number of unbranched alkanes of at least 4 members (excludes halogenated alkanes) is 1. The Balaban J connectivity index is 0.000000648. The van der Waals surface area contributed by atoms with Crippen LogP contribution in [-0.4, -0.2) is 23.7 Å². The van der Waals surface area contributed by atoms with Crippen molar-refractivity contribution in [3.05, 3.63) is 41.0 Å². The number of rotatable bonds is 5. The second kappa shape index (κ2) is 11.8. The predicted molar refractivity (Wildman–Crippen MR) is 113 cm³/mol. The summed E-state index contributed by atoms with van der Waals surface area (Å²) >= 11 is 1.89. The van der Waals surface area contributed by atoms with Gasteiger partial charge in [0.1, 0.15) is 0 Å². The Kier molecular flexibility index (Phi) is 10.4. The van der Waals surface area contributed by atoms with Crippen molar-refractivity contribution in [3.8, 4) is 0 Å². The molecule has 1 saturated heterocycles. The van der Waals surface area contributed by atoms with E-state index in [-0.39, 0.29) is 0 Å². The summed E-state index contributed by atoms with van der Waals surface area (Å²) in [5.41, 5.74) is 5.75. The Morgan fingerprint density at radius 2 is 1.79 bits per heavy atom. The summed E-state index contributed by atoms with van der Waals surface area (Å²) in [6.07, 6.45) is 11.1. The highest BCUT2D eigenvalue weighted by molar-refractivity contribution is 7.96. The van der Waals surface area contributed by atoms with Gasteiger partial charge in [-0.05, 0) is 68.9 Å². The van der Waals surface area contributed by atoms with E-state index in [9.17, 15) is 0 Å². The molecule has 2 rings (SSSR count). The molecule has 2 heteroatoms. The summed E-state index contributed by atoms with van der Waals surface area (Å²) < 4.78 is 2.49. The molecule has 0 aromatic heterocycles. The van der Waals surface area contributed by atoms with Gasteiger partial charge in [0.05, 0.1) is 0 Å². The van der Waals surface area contributed by atoms with Crippen LogP contribution in [0.1, 0.15) is 69.6 Å². The van der Waals surface area contributed by atoms with Crippen molar-refractivity contribution in [1.82, 2.24) is 4.31 Å². The van der Waals surface area contributed by atoms with Crippen molar-refractivity contribution in [2.75, 3.05) is 19.3 Å². The largest absolute Gasteiger partial charge is 0.251 e. The quantitative estimate of drug-likeness (QED) is 0.533. The Morgan fingerprint density at radius 3 is 2.25 bits per heavy atom. The molecule has 1 aliphatic heterocycles. The fourth-order valence-electron chi connectivity index (χ4n) is 3.16. The third kappa shape index (κ3) is 7.03. The molecular weight excluding hydrogens is 310 g/mol. The maximum atomic E-state index is 2.49. The summed E-state index contributed by atoms with van der Waals surface area (Å²) in [7, 11) is 0. The molecule has 24 heavy (non-hydrogen) atoms. The number of benzene rings is 1. The first-order chi connectivity index (χ1) is 11.5. The summed E-state index contributed by atoms with van der Waals surface area (Å²) in [4.78, 5) is 0. The molecule has 0 bridgehead atoms. The summed E-state index contributed by atoms with van der Waals surface area (Å²) in [6, 6.07) is 6.84. The van der Waals surface area contributed by atoms with E-state index in [1.807, 2.05) is 11.9 Å². The Labute approximate surface area is 155 Å². The average Bonchev–Trinajstić information content (AvgIpc) is 2.61. The highest BCUT2D eigenvalue weighted by atomic mass is 32.2.